The van der Waals surface area contributed by atoms with Gasteiger partial charge >= 0.3 is 0 Å². The predicted octanol–water partition coefficient (Wildman–Crippen LogP) is 1.38. The fourth-order valence-corrected chi connectivity index (χ4v) is 2.69. The van der Waals surface area contributed by atoms with Crippen molar-refractivity contribution in [1.82, 2.24) is 0 Å². The van der Waals surface area contributed by atoms with Crippen LogP contribution in [0.5, 0.6) is 0 Å². The number of nitrogen functional groups attached to an aromatic ring is 1. The first-order valence-electron chi connectivity index (χ1n) is 6.79. The molecule has 2 aliphatic rings. The van der Waals surface area contributed by atoms with E-state index in [-0.39, 0.29) is 5.91 Å². The van der Waals surface area contributed by atoms with Gasteiger partial charge in [-0.3, -0.25) is 4.79 Å². The van der Waals surface area contributed by atoms with Crippen LogP contribution >= 0.6 is 0 Å². The van der Waals surface area contributed by atoms with Crippen LogP contribution in [0.3, 0.4) is 0 Å². The van der Waals surface area contributed by atoms with Crippen LogP contribution in [-0.4, -0.2) is 32.2 Å². The van der Waals surface area contributed by atoms with Gasteiger partial charge in [-0.2, -0.15) is 0 Å². The standard InChI is InChI=1S/C14H19N3O2/c15-11-9-12-10(2-3-14(18)16-12)8-13(11)17-4-1-6-19-7-5-17/h8-9H,1-7,15H2,(H,16,18). The molecule has 0 bridgehead atoms. The van der Waals surface area contributed by atoms with Crippen molar-refractivity contribution in [3.63, 3.8) is 0 Å². The van der Waals surface area contributed by atoms with Gasteiger partial charge in [-0.15, -0.1) is 0 Å². The number of hydrogen-bond donors (Lipinski definition) is 2. The molecule has 0 saturated carbocycles. The van der Waals surface area contributed by atoms with Gasteiger partial charge in [-0.1, -0.05) is 0 Å². The fraction of sp³-hybridized carbons (Fsp3) is 0.500. The monoisotopic (exact) mass is 261 g/mol. The highest BCUT2D eigenvalue weighted by Crippen LogP contribution is 2.33. The number of nitrogens with two attached hydrogens (primary N) is 1. The molecule has 5 heteroatoms. The van der Waals surface area contributed by atoms with E-state index < -0.39 is 0 Å². The van der Waals surface area contributed by atoms with E-state index in [1.54, 1.807) is 0 Å². The Morgan fingerprint density at radius 2 is 2.11 bits per heavy atom. The van der Waals surface area contributed by atoms with Gasteiger partial charge in [0.25, 0.3) is 0 Å². The normalized spacial score (nSPS) is 19.6. The van der Waals surface area contributed by atoms with Crippen molar-refractivity contribution < 1.29 is 9.53 Å². The molecule has 3 N–H and O–H groups in total. The number of anilines is 3. The second-order valence-corrected chi connectivity index (χ2v) is 5.07. The Hall–Kier alpha value is -1.75. The number of hydrogen-bond acceptors (Lipinski definition) is 4. The molecule has 0 radical (unpaired) electrons. The maximum Gasteiger partial charge on any atom is 0.224 e. The summed E-state index contributed by atoms with van der Waals surface area (Å²) in [4.78, 5) is 13.7. The van der Waals surface area contributed by atoms with Crippen LogP contribution in [0.2, 0.25) is 0 Å². The zero-order chi connectivity index (χ0) is 13.2. The van der Waals surface area contributed by atoms with E-state index in [0.29, 0.717) is 6.42 Å². The minimum Gasteiger partial charge on any atom is -0.397 e. The van der Waals surface area contributed by atoms with Crippen molar-refractivity contribution in [2.24, 2.45) is 0 Å². The zero-order valence-electron chi connectivity index (χ0n) is 10.9. The molecule has 1 amide bonds. The molecule has 0 aliphatic carbocycles. The summed E-state index contributed by atoms with van der Waals surface area (Å²) in [6.07, 6.45) is 2.37. The Morgan fingerprint density at radius 3 is 3.00 bits per heavy atom. The van der Waals surface area contributed by atoms with Crippen molar-refractivity contribution in [1.29, 1.82) is 0 Å². The predicted molar refractivity (Wildman–Crippen MR) is 75.5 cm³/mol. The van der Waals surface area contributed by atoms with E-state index in [1.807, 2.05) is 6.07 Å². The minimum atomic E-state index is 0.0721. The van der Waals surface area contributed by atoms with Gasteiger partial charge in [0.15, 0.2) is 0 Å². The summed E-state index contributed by atoms with van der Waals surface area (Å²) in [6.45, 7) is 3.40. The number of ether oxygens (including phenoxy) is 1. The second-order valence-electron chi connectivity index (χ2n) is 5.07. The van der Waals surface area contributed by atoms with Crippen molar-refractivity contribution in [3.05, 3.63) is 17.7 Å². The third-order valence-electron chi connectivity index (χ3n) is 3.71. The first-order chi connectivity index (χ1) is 9.24. The molecule has 0 atom stereocenters. The molecule has 1 aromatic rings. The second kappa shape index (κ2) is 5.09. The van der Waals surface area contributed by atoms with Gasteiger partial charge in [0, 0.05) is 31.8 Å². The fourth-order valence-electron chi connectivity index (χ4n) is 2.69. The maximum absolute atomic E-state index is 11.4. The van der Waals surface area contributed by atoms with Gasteiger partial charge < -0.3 is 20.7 Å². The molecule has 0 unspecified atom stereocenters. The lowest BCUT2D eigenvalue weighted by molar-refractivity contribution is -0.116. The average Bonchev–Trinajstić information content (AvgIpc) is 2.66. The van der Waals surface area contributed by atoms with Crippen LogP contribution in [-0.2, 0) is 16.0 Å². The molecule has 3 rings (SSSR count). The lowest BCUT2D eigenvalue weighted by atomic mass is 10.0. The van der Waals surface area contributed by atoms with Crippen molar-refractivity contribution in [2.75, 3.05) is 42.3 Å². The molecule has 0 aromatic heterocycles. The highest BCUT2D eigenvalue weighted by Gasteiger charge is 2.19. The number of rotatable bonds is 1. The molecular weight excluding hydrogens is 242 g/mol. The number of fused-ring (bicyclic) bond motifs is 1. The molecule has 0 spiro atoms. The van der Waals surface area contributed by atoms with Crippen LogP contribution in [0, 0.1) is 0 Å². The van der Waals surface area contributed by atoms with E-state index in [0.717, 1.165) is 56.2 Å². The molecule has 102 valence electrons. The Labute approximate surface area is 112 Å². The van der Waals surface area contributed by atoms with E-state index in [2.05, 4.69) is 16.3 Å². The van der Waals surface area contributed by atoms with Crippen LogP contribution in [0.1, 0.15) is 18.4 Å². The Bertz CT molecular complexity index is 494. The number of amides is 1. The maximum atomic E-state index is 11.4. The number of benzene rings is 1. The molecular formula is C14H19N3O2. The Morgan fingerprint density at radius 1 is 1.21 bits per heavy atom. The largest absolute Gasteiger partial charge is 0.397 e. The lowest BCUT2D eigenvalue weighted by Crippen LogP contribution is -2.27. The highest BCUT2D eigenvalue weighted by molar-refractivity contribution is 5.95. The van der Waals surface area contributed by atoms with Crippen LogP contribution in [0.15, 0.2) is 12.1 Å². The minimum absolute atomic E-state index is 0.0721. The van der Waals surface area contributed by atoms with E-state index >= 15 is 0 Å². The Kier molecular flexibility index (Phi) is 3.29. The summed E-state index contributed by atoms with van der Waals surface area (Å²) >= 11 is 0. The summed E-state index contributed by atoms with van der Waals surface area (Å²) < 4.78 is 5.47. The molecule has 19 heavy (non-hydrogen) atoms. The van der Waals surface area contributed by atoms with E-state index in [1.165, 1.54) is 5.56 Å². The summed E-state index contributed by atoms with van der Waals surface area (Å²) in [5, 5.41) is 2.88. The number of nitrogens with zero attached hydrogens (tertiary/aromatic N) is 1. The van der Waals surface area contributed by atoms with Gasteiger partial charge in [-0.25, -0.2) is 0 Å². The van der Waals surface area contributed by atoms with Crippen molar-refractivity contribution in [3.8, 4) is 0 Å². The number of aryl methyl sites for hydroxylation is 1. The topological polar surface area (TPSA) is 67.6 Å². The third kappa shape index (κ3) is 2.51. The smallest absolute Gasteiger partial charge is 0.224 e. The molecule has 1 aromatic carbocycles. The molecule has 5 nitrogen and oxygen atoms in total. The lowest BCUT2D eigenvalue weighted by Gasteiger charge is -2.26. The van der Waals surface area contributed by atoms with E-state index in [9.17, 15) is 4.79 Å². The van der Waals surface area contributed by atoms with Crippen LogP contribution in [0.4, 0.5) is 17.1 Å². The SMILES string of the molecule is Nc1cc2c(cc1N1CCCOCC1)CCC(=O)N2. The quantitative estimate of drug-likeness (QED) is 0.749. The summed E-state index contributed by atoms with van der Waals surface area (Å²) in [6, 6.07) is 4.00. The third-order valence-corrected chi connectivity index (χ3v) is 3.71. The highest BCUT2D eigenvalue weighted by atomic mass is 16.5. The van der Waals surface area contributed by atoms with Crippen LogP contribution < -0.4 is 16.0 Å². The van der Waals surface area contributed by atoms with Crippen LogP contribution in [0.25, 0.3) is 0 Å². The number of carbonyl (C=O) groups is 1. The zero-order valence-corrected chi connectivity index (χ0v) is 10.9. The van der Waals surface area contributed by atoms with E-state index in [4.69, 9.17) is 10.5 Å². The van der Waals surface area contributed by atoms with Gasteiger partial charge in [0.2, 0.25) is 5.91 Å². The molecule has 1 saturated heterocycles. The Balaban J connectivity index is 1.91. The molecule has 1 fully saturated rings. The molecule has 2 heterocycles. The first-order valence-corrected chi connectivity index (χ1v) is 6.79. The van der Waals surface area contributed by atoms with Crippen molar-refractivity contribution in [2.45, 2.75) is 19.3 Å². The van der Waals surface area contributed by atoms with Crippen molar-refractivity contribution >= 4 is 23.0 Å². The van der Waals surface area contributed by atoms with Gasteiger partial charge in [0.1, 0.15) is 0 Å². The molecule has 2 aliphatic heterocycles. The number of nitrogens with one attached hydrogen (secondary N) is 1. The van der Waals surface area contributed by atoms with Gasteiger partial charge in [-0.05, 0) is 30.5 Å². The summed E-state index contributed by atoms with van der Waals surface area (Å²) in [5.74, 6) is 0.0721. The summed E-state index contributed by atoms with van der Waals surface area (Å²) in [5.41, 5.74) is 9.97. The van der Waals surface area contributed by atoms with Gasteiger partial charge in [0.05, 0.1) is 18.0 Å². The number of carbonyl (C=O) groups excluding carboxylic acids is 1. The first kappa shape index (κ1) is 12.3. The average molecular weight is 261 g/mol. The summed E-state index contributed by atoms with van der Waals surface area (Å²) in [7, 11) is 0.